The van der Waals surface area contributed by atoms with E-state index in [2.05, 4.69) is 0 Å². The number of thioether (sulfide) groups is 1. The molecule has 8 heteroatoms. The van der Waals surface area contributed by atoms with Gasteiger partial charge in [0.2, 0.25) is 5.91 Å². The summed E-state index contributed by atoms with van der Waals surface area (Å²) in [6.45, 7) is 5.28. The van der Waals surface area contributed by atoms with E-state index in [9.17, 15) is 14.4 Å². The van der Waals surface area contributed by atoms with Crippen molar-refractivity contribution in [3.05, 3.63) is 11.3 Å². The molecule has 0 unspecified atom stereocenters. The summed E-state index contributed by atoms with van der Waals surface area (Å²) in [5, 5.41) is -0.280. The highest BCUT2D eigenvalue weighted by molar-refractivity contribution is 8.00. The summed E-state index contributed by atoms with van der Waals surface area (Å²) in [4.78, 5) is 38.7. The largest absolute Gasteiger partial charge is 0.468 e. The fraction of sp³-hybridized carbons (Fsp3) is 0.688. The number of β-lactam (4-membered cyclic amide) rings is 1. The maximum Gasteiger partial charge on any atom is 0.355 e. The number of carbonyl (C=O) groups is 3. The smallest absolute Gasteiger partial charge is 0.355 e. The molecule has 24 heavy (non-hydrogen) atoms. The Labute approximate surface area is 144 Å². The summed E-state index contributed by atoms with van der Waals surface area (Å²) >= 11 is 1.47. The molecule has 1 aliphatic carbocycles. The standard InChI is InChI=1S/C16H22N2O5S/c1-15(2,3)23-13(20)10-8(16(5-6-16)14(21)22-4)7-24-12-9(17)11(19)18(10)12/h9,12H,5-7,17H2,1-4H3/t9-,12-/m1/s1. The van der Waals surface area contributed by atoms with Crippen LogP contribution in [-0.2, 0) is 23.9 Å². The van der Waals surface area contributed by atoms with Crippen molar-refractivity contribution in [3.8, 4) is 0 Å². The summed E-state index contributed by atoms with van der Waals surface area (Å²) in [5.74, 6) is -0.800. The Morgan fingerprint density at radius 3 is 2.46 bits per heavy atom. The summed E-state index contributed by atoms with van der Waals surface area (Å²) in [5.41, 5.74) is 5.15. The number of methoxy groups -OCH3 is 1. The maximum absolute atomic E-state index is 12.8. The predicted octanol–water partition coefficient (Wildman–Crippen LogP) is 0.778. The molecule has 0 aromatic carbocycles. The quantitative estimate of drug-likeness (QED) is 0.590. The molecule has 0 aromatic heterocycles. The number of hydrogen-bond acceptors (Lipinski definition) is 7. The number of ether oxygens (including phenoxy) is 2. The Kier molecular flexibility index (Phi) is 3.95. The van der Waals surface area contributed by atoms with Crippen LogP contribution < -0.4 is 5.73 Å². The van der Waals surface area contributed by atoms with Crippen molar-refractivity contribution in [2.45, 2.75) is 50.6 Å². The second-order valence-electron chi connectivity index (χ2n) is 7.34. The Hall–Kier alpha value is -1.54. The number of carbonyl (C=O) groups excluding carboxylic acids is 3. The lowest BCUT2D eigenvalue weighted by Gasteiger charge is -2.49. The third-order valence-electron chi connectivity index (χ3n) is 4.51. The lowest BCUT2D eigenvalue weighted by Crippen LogP contribution is -2.69. The molecule has 1 saturated carbocycles. The molecule has 7 nitrogen and oxygen atoms in total. The molecule has 132 valence electrons. The van der Waals surface area contributed by atoms with Gasteiger partial charge in [0, 0.05) is 5.75 Å². The van der Waals surface area contributed by atoms with Gasteiger partial charge in [-0.25, -0.2) is 4.79 Å². The first-order valence-electron chi connectivity index (χ1n) is 7.88. The summed E-state index contributed by atoms with van der Waals surface area (Å²) in [6, 6.07) is -0.623. The fourth-order valence-corrected chi connectivity index (χ4v) is 4.58. The van der Waals surface area contributed by atoms with E-state index < -0.39 is 23.0 Å². The highest BCUT2D eigenvalue weighted by Gasteiger charge is 2.61. The summed E-state index contributed by atoms with van der Waals surface area (Å²) < 4.78 is 10.4. The van der Waals surface area contributed by atoms with E-state index in [1.54, 1.807) is 20.8 Å². The molecule has 3 rings (SSSR count). The molecule has 2 N–H and O–H groups in total. The molecule has 0 spiro atoms. The van der Waals surface area contributed by atoms with Crippen LogP contribution in [0.4, 0.5) is 0 Å². The third kappa shape index (κ3) is 2.52. The van der Waals surface area contributed by atoms with E-state index in [1.807, 2.05) is 0 Å². The van der Waals surface area contributed by atoms with E-state index in [-0.39, 0.29) is 22.9 Å². The molecule has 2 aliphatic heterocycles. The molecular weight excluding hydrogens is 332 g/mol. The molecule has 0 bridgehead atoms. The van der Waals surface area contributed by atoms with E-state index in [0.717, 1.165) is 0 Å². The van der Waals surface area contributed by atoms with Crippen LogP contribution in [0.25, 0.3) is 0 Å². The van der Waals surface area contributed by atoms with Crippen molar-refractivity contribution >= 4 is 29.6 Å². The monoisotopic (exact) mass is 354 g/mol. The van der Waals surface area contributed by atoms with Crippen LogP contribution in [0.2, 0.25) is 0 Å². The highest BCUT2D eigenvalue weighted by Crippen LogP contribution is 2.57. The molecule has 2 fully saturated rings. The molecule has 2 heterocycles. The Bertz CT molecular complexity index is 647. The Morgan fingerprint density at radius 2 is 1.96 bits per heavy atom. The van der Waals surface area contributed by atoms with Crippen LogP contribution >= 0.6 is 11.8 Å². The average Bonchev–Trinajstić information content (AvgIpc) is 3.31. The van der Waals surface area contributed by atoms with Gasteiger partial charge in [-0.05, 0) is 39.2 Å². The van der Waals surface area contributed by atoms with Crippen molar-refractivity contribution in [1.29, 1.82) is 0 Å². The predicted molar refractivity (Wildman–Crippen MR) is 87.6 cm³/mol. The number of esters is 2. The fourth-order valence-electron chi connectivity index (χ4n) is 3.15. The van der Waals surface area contributed by atoms with Gasteiger partial charge < -0.3 is 15.2 Å². The summed E-state index contributed by atoms with van der Waals surface area (Å²) in [6.07, 6.45) is 1.22. The first kappa shape index (κ1) is 17.3. The Balaban J connectivity index is 2.04. The topological polar surface area (TPSA) is 98.9 Å². The minimum atomic E-state index is -0.807. The second kappa shape index (κ2) is 5.49. The first-order valence-corrected chi connectivity index (χ1v) is 8.93. The molecule has 0 radical (unpaired) electrons. The number of nitrogens with zero attached hydrogens (tertiary/aromatic N) is 1. The minimum Gasteiger partial charge on any atom is -0.468 e. The van der Waals surface area contributed by atoms with E-state index in [0.29, 0.717) is 24.2 Å². The third-order valence-corrected chi connectivity index (χ3v) is 5.81. The average molecular weight is 354 g/mol. The first-order chi connectivity index (χ1) is 11.1. The molecule has 2 atom stereocenters. The number of hydrogen-bond donors (Lipinski definition) is 1. The number of fused-ring (bicyclic) bond motifs is 1. The number of amides is 1. The van der Waals surface area contributed by atoms with Gasteiger partial charge in [-0.2, -0.15) is 0 Å². The molecule has 1 amide bonds. The zero-order valence-electron chi connectivity index (χ0n) is 14.3. The van der Waals surface area contributed by atoms with Crippen LogP contribution in [0.15, 0.2) is 11.3 Å². The van der Waals surface area contributed by atoms with Crippen molar-refractivity contribution < 1.29 is 23.9 Å². The van der Waals surface area contributed by atoms with E-state index >= 15 is 0 Å². The summed E-state index contributed by atoms with van der Waals surface area (Å²) in [7, 11) is 1.33. The van der Waals surface area contributed by atoms with E-state index in [1.165, 1.54) is 23.8 Å². The normalized spacial score (nSPS) is 28.0. The van der Waals surface area contributed by atoms with Crippen LogP contribution in [0.5, 0.6) is 0 Å². The van der Waals surface area contributed by atoms with Gasteiger partial charge in [0.05, 0.1) is 12.5 Å². The van der Waals surface area contributed by atoms with Crippen molar-refractivity contribution in [1.82, 2.24) is 4.90 Å². The number of rotatable bonds is 3. The lowest BCUT2D eigenvalue weighted by molar-refractivity contribution is -0.158. The van der Waals surface area contributed by atoms with Crippen LogP contribution in [0.1, 0.15) is 33.6 Å². The second-order valence-corrected chi connectivity index (χ2v) is 8.44. The van der Waals surface area contributed by atoms with Gasteiger partial charge in [-0.1, -0.05) is 0 Å². The van der Waals surface area contributed by atoms with Gasteiger partial charge in [0.1, 0.15) is 22.7 Å². The lowest BCUT2D eigenvalue weighted by atomic mass is 9.92. The minimum absolute atomic E-state index is 0.184. The molecule has 3 aliphatic rings. The van der Waals surface area contributed by atoms with Gasteiger partial charge in [-0.3, -0.25) is 14.5 Å². The molecule has 0 aromatic rings. The van der Waals surface area contributed by atoms with Crippen molar-refractivity contribution in [3.63, 3.8) is 0 Å². The van der Waals surface area contributed by atoms with Crippen molar-refractivity contribution in [2.75, 3.05) is 12.9 Å². The molecule has 1 saturated heterocycles. The highest BCUT2D eigenvalue weighted by atomic mass is 32.2. The van der Waals surface area contributed by atoms with Crippen molar-refractivity contribution in [2.24, 2.45) is 11.1 Å². The Morgan fingerprint density at radius 1 is 1.33 bits per heavy atom. The van der Waals surface area contributed by atoms with Crippen LogP contribution in [0.3, 0.4) is 0 Å². The van der Waals surface area contributed by atoms with Gasteiger partial charge in [0.25, 0.3) is 0 Å². The maximum atomic E-state index is 12.8. The SMILES string of the molecule is COC(=O)C1(C2=C(C(=O)OC(C)(C)C)N3C(=O)[C@@H](N)[C@H]3SC2)CC1. The van der Waals surface area contributed by atoms with Crippen LogP contribution in [-0.4, -0.2) is 52.6 Å². The zero-order valence-corrected chi connectivity index (χ0v) is 15.1. The van der Waals surface area contributed by atoms with Gasteiger partial charge in [-0.15, -0.1) is 11.8 Å². The van der Waals surface area contributed by atoms with Gasteiger partial charge in [0.15, 0.2) is 0 Å². The van der Waals surface area contributed by atoms with Crippen LogP contribution in [0, 0.1) is 5.41 Å². The van der Waals surface area contributed by atoms with Gasteiger partial charge >= 0.3 is 11.9 Å². The van der Waals surface area contributed by atoms with E-state index in [4.69, 9.17) is 15.2 Å². The molecular formula is C16H22N2O5S. The zero-order chi connectivity index (χ0) is 17.9. The number of nitrogens with two attached hydrogens (primary N) is 1.